The van der Waals surface area contributed by atoms with E-state index in [1.165, 1.54) is 11.1 Å². The number of ether oxygens (including phenoxy) is 1. The molecule has 1 aromatic heterocycles. The summed E-state index contributed by atoms with van der Waals surface area (Å²) in [6, 6.07) is 12.1. The first kappa shape index (κ1) is 16.2. The first-order chi connectivity index (χ1) is 9.38. The van der Waals surface area contributed by atoms with Crippen LogP contribution in [0.2, 0.25) is 0 Å². The van der Waals surface area contributed by atoms with Crippen LogP contribution in [-0.4, -0.2) is 11.6 Å². The van der Waals surface area contributed by atoms with Crippen LogP contribution in [0.25, 0.3) is 0 Å². The van der Waals surface area contributed by atoms with Crippen molar-refractivity contribution in [3.63, 3.8) is 0 Å². The predicted octanol–water partition coefficient (Wildman–Crippen LogP) is -0.0598. The van der Waals surface area contributed by atoms with Crippen molar-refractivity contribution >= 4 is 0 Å². The molecule has 4 heteroatoms. The summed E-state index contributed by atoms with van der Waals surface area (Å²) in [5.41, 5.74) is 2.47. The first-order valence-corrected chi connectivity index (χ1v) is 6.31. The fraction of sp³-hybridized carbons (Fsp3) is 0.188. The molecule has 0 unspecified atom stereocenters. The molecule has 0 fully saturated rings. The molecule has 1 aromatic carbocycles. The smallest absolute Gasteiger partial charge is 0.119 e. The molecule has 0 spiro atoms. The second kappa shape index (κ2) is 9.13. The minimum atomic E-state index is 0. The van der Waals surface area contributed by atoms with Gasteiger partial charge in [0.15, 0.2) is 0 Å². The average Bonchev–Trinajstić information content (AvgIpc) is 2.47. The third-order valence-corrected chi connectivity index (χ3v) is 2.70. The topological polar surface area (TPSA) is 34.1 Å². The van der Waals surface area contributed by atoms with E-state index >= 15 is 0 Å². The molecule has 0 aliphatic rings. The van der Waals surface area contributed by atoms with E-state index in [0.29, 0.717) is 6.61 Å². The van der Waals surface area contributed by atoms with Crippen molar-refractivity contribution in [3.8, 4) is 5.75 Å². The summed E-state index contributed by atoms with van der Waals surface area (Å²) in [5.74, 6) is 0.873. The summed E-state index contributed by atoms with van der Waals surface area (Å²) in [6.45, 7) is 5.85. The van der Waals surface area contributed by atoms with E-state index in [0.717, 1.165) is 18.8 Å². The molecule has 0 atom stereocenters. The van der Waals surface area contributed by atoms with Gasteiger partial charge in [-0.1, -0.05) is 24.8 Å². The van der Waals surface area contributed by atoms with Crippen LogP contribution < -0.4 is 22.5 Å². The Kier molecular flexibility index (Phi) is 7.40. The number of nitrogens with zero attached hydrogens (tertiary/aromatic N) is 1. The summed E-state index contributed by atoms with van der Waals surface area (Å²) < 4.78 is 5.44. The second-order valence-electron chi connectivity index (χ2n) is 4.20. The lowest BCUT2D eigenvalue weighted by molar-refractivity contribution is -0.00000436. The number of hydrogen-bond acceptors (Lipinski definition) is 3. The number of rotatable bonds is 7. The highest BCUT2D eigenvalue weighted by Crippen LogP contribution is 2.12. The van der Waals surface area contributed by atoms with Gasteiger partial charge in [0, 0.05) is 25.5 Å². The van der Waals surface area contributed by atoms with Gasteiger partial charge in [-0.2, -0.15) is 0 Å². The molecule has 20 heavy (non-hydrogen) atoms. The highest BCUT2D eigenvalue weighted by molar-refractivity contribution is 5.27. The summed E-state index contributed by atoms with van der Waals surface area (Å²) in [5, 5.41) is 3.40. The van der Waals surface area contributed by atoms with Gasteiger partial charge in [-0.15, -0.1) is 0 Å². The molecule has 3 nitrogen and oxygen atoms in total. The zero-order valence-electron chi connectivity index (χ0n) is 11.3. The Morgan fingerprint density at radius 2 is 1.60 bits per heavy atom. The Morgan fingerprint density at radius 1 is 1.00 bits per heavy atom. The quantitative estimate of drug-likeness (QED) is 0.725. The largest absolute Gasteiger partial charge is 1.00 e. The van der Waals surface area contributed by atoms with Gasteiger partial charge in [-0.05, 0) is 35.4 Å². The number of hydrogen-bond donors (Lipinski definition) is 1. The van der Waals surface area contributed by atoms with Crippen molar-refractivity contribution in [2.45, 2.75) is 13.1 Å². The van der Waals surface area contributed by atoms with Gasteiger partial charge in [0.05, 0.1) is 0 Å². The summed E-state index contributed by atoms with van der Waals surface area (Å²) in [6.07, 6.45) is 5.36. The van der Waals surface area contributed by atoms with Crippen LogP contribution in [0.3, 0.4) is 0 Å². The van der Waals surface area contributed by atoms with Crippen molar-refractivity contribution in [3.05, 3.63) is 72.6 Å². The van der Waals surface area contributed by atoms with E-state index in [4.69, 9.17) is 4.74 Å². The van der Waals surface area contributed by atoms with Crippen LogP contribution >= 0.6 is 0 Å². The summed E-state index contributed by atoms with van der Waals surface area (Å²) >= 11 is 0. The lowest BCUT2D eigenvalue weighted by Gasteiger charge is -2.07. The standard InChI is InChI=1S/C16H18N2O.ClH/c1-2-11-19-16-5-3-14(4-6-16)12-18-13-15-7-9-17-10-8-15;/h2-10,18H,1,11-13H2;1H/p-1. The van der Waals surface area contributed by atoms with Crippen molar-refractivity contribution in [2.24, 2.45) is 0 Å². The maximum Gasteiger partial charge on any atom is 0.119 e. The lowest BCUT2D eigenvalue weighted by atomic mass is 10.2. The number of nitrogens with one attached hydrogen (secondary N) is 1. The SMILES string of the molecule is C=CCOc1ccc(CNCc2ccncc2)cc1.[Cl-]. The van der Waals surface area contributed by atoms with Crippen LogP contribution in [0, 0.1) is 0 Å². The van der Waals surface area contributed by atoms with E-state index in [2.05, 4.69) is 29.0 Å². The highest BCUT2D eigenvalue weighted by atomic mass is 35.5. The molecule has 2 aromatic rings. The van der Waals surface area contributed by atoms with Crippen LogP contribution in [0.4, 0.5) is 0 Å². The van der Waals surface area contributed by atoms with E-state index < -0.39 is 0 Å². The minimum Gasteiger partial charge on any atom is -1.00 e. The highest BCUT2D eigenvalue weighted by Gasteiger charge is 1.96. The van der Waals surface area contributed by atoms with Gasteiger partial charge in [0.1, 0.15) is 12.4 Å². The zero-order valence-corrected chi connectivity index (χ0v) is 12.0. The van der Waals surface area contributed by atoms with Gasteiger partial charge in [0.2, 0.25) is 0 Å². The van der Waals surface area contributed by atoms with Crippen LogP contribution in [-0.2, 0) is 13.1 Å². The van der Waals surface area contributed by atoms with Gasteiger partial charge >= 0.3 is 0 Å². The summed E-state index contributed by atoms with van der Waals surface area (Å²) in [7, 11) is 0. The maximum atomic E-state index is 5.44. The van der Waals surface area contributed by atoms with Crippen molar-refractivity contribution in [1.29, 1.82) is 0 Å². The molecule has 0 aliphatic carbocycles. The van der Waals surface area contributed by atoms with Crippen LogP contribution in [0.5, 0.6) is 5.75 Å². The average molecular weight is 290 g/mol. The molecule has 2 rings (SSSR count). The first-order valence-electron chi connectivity index (χ1n) is 6.31. The molecule has 0 saturated heterocycles. The van der Waals surface area contributed by atoms with Crippen molar-refractivity contribution in [2.75, 3.05) is 6.61 Å². The van der Waals surface area contributed by atoms with E-state index in [1.807, 2.05) is 36.7 Å². The minimum absolute atomic E-state index is 0. The molecule has 1 N–H and O–H groups in total. The van der Waals surface area contributed by atoms with Gasteiger partial charge in [-0.3, -0.25) is 4.98 Å². The lowest BCUT2D eigenvalue weighted by Crippen LogP contribution is -3.00. The van der Waals surface area contributed by atoms with Gasteiger partial charge in [-0.25, -0.2) is 0 Å². The Hall–Kier alpha value is -1.84. The number of halogens is 1. The zero-order chi connectivity index (χ0) is 13.3. The molecular weight excluding hydrogens is 272 g/mol. The molecule has 106 valence electrons. The Labute approximate surface area is 126 Å². The molecule has 0 aliphatic heterocycles. The third-order valence-electron chi connectivity index (χ3n) is 2.70. The van der Waals surface area contributed by atoms with Crippen LogP contribution in [0.15, 0.2) is 61.4 Å². The Balaban J connectivity index is 0.00000200. The molecule has 0 saturated carbocycles. The third kappa shape index (κ3) is 5.43. The molecule has 1 heterocycles. The van der Waals surface area contributed by atoms with Crippen molar-refractivity contribution < 1.29 is 17.1 Å². The molecule has 0 amide bonds. The second-order valence-corrected chi connectivity index (χ2v) is 4.20. The van der Waals surface area contributed by atoms with Gasteiger partial charge in [0.25, 0.3) is 0 Å². The Morgan fingerprint density at radius 3 is 2.20 bits per heavy atom. The van der Waals surface area contributed by atoms with E-state index in [1.54, 1.807) is 6.08 Å². The van der Waals surface area contributed by atoms with E-state index in [9.17, 15) is 0 Å². The fourth-order valence-electron chi connectivity index (χ4n) is 1.71. The maximum absolute atomic E-state index is 5.44. The number of pyridine rings is 1. The Bertz CT molecular complexity index is 500. The molecule has 0 radical (unpaired) electrons. The monoisotopic (exact) mass is 289 g/mol. The summed E-state index contributed by atoms with van der Waals surface area (Å²) in [4.78, 5) is 4.00. The molecule has 0 bridgehead atoms. The number of benzene rings is 1. The number of aromatic nitrogens is 1. The van der Waals surface area contributed by atoms with Gasteiger partial charge < -0.3 is 22.5 Å². The molecular formula is C16H18ClN2O-. The van der Waals surface area contributed by atoms with Crippen molar-refractivity contribution in [1.82, 2.24) is 10.3 Å². The van der Waals surface area contributed by atoms with E-state index in [-0.39, 0.29) is 12.4 Å². The fourth-order valence-corrected chi connectivity index (χ4v) is 1.71. The van der Waals surface area contributed by atoms with Crippen LogP contribution in [0.1, 0.15) is 11.1 Å². The normalized spacial score (nSPS) is 9.60. The predicted molar refractivity (Wildman–Crippen MR) is 76.9 cm³/mol.